The summed E-state index contributed by atoms with van der Waals surface area (Å²) >= 11 is 1.65. The molecule has 5 nitrogen and oxygen atoms in total. The first kappa shape index (κ1) is 14.3. The van der Waals surface area contributed by atoms with Crippen molar-refractivity contribution in [2.45, 2.75) is 6.42 Å². The molecule has 1 aliphatic rings. The Hall–Kier alpha value is -2.34. The van der Waals surface area contributed by atoms with Crippen LogP contribution >= 0.6 is 11.3 Å². The summed E-state index contributed by atoms with van der Waals surface area (Å²) in [4.78, 5) is 24.7. The number of aromatic nitrogens is 2. The van der Waals surface area contributed by atoms with Gasteiger partial charge in [-0.1, -0.05) is 12.1 Å². The summed E-state index contributed by atoms with van der Waals surface area (Å²) < 4.78 is 0. The number of fused-ring (bicyclic) bond motifs is 1. The van der Waals surface area contributed by atoms with Crippen LogP contribution in [0.5, 0.6) is 0 Å². The maximum atomic E-state index is 12.9. The van der Waals surface area contributed by atoms with Crippen molar-refractivity contribution in [3.8, 4) is 0 Å². The molecule has 23 heavy (non-hydrogen) atoms. The molecule has 1 aliphatic heterocycles. The molecule has 1 amide bonds. The maximum absolute atomic E-state index is 12.9. The van der Waals surface area contributed by atoms with Gasteiger partial charge in [0.1, 0.15) is 0 Å². The van der Waals surface area contributed by atoms with Crippen LogP contribution in [-0.4, -0.2) is 47.0 Å². The van der Waals surface area contributed by atoms with E-state index in [1.54, 1.807) is 11.3 Å². The van der Waals surface area contributed by atoms with Gasteiger partial charge in [0, 0.05) is 49.3 Å². The molecule has 0 spiro atoms. The van der Waals surface area contributed by atoms with Crippen molar-refractivity contribution < 1.29 is 4.79 Å². The van der Waals surface area contributed by atoms with Gasteiger partial charge in [0.05, 0.1) is 11.1 Å². The van der Waals surface area contributed by atoms with E-state index in [0.717, 1.165) is 54.2 Å². The number of nitrogens with zero attached hydrogens (tertiary/aromatic N) is 3. The monoisotopic (exact) mass is 326 g/mol. The van der Waals surface area contributed by atoms with Crippen LogP contribution < -0.4 is 4.90 Å². The van der Waals surface area contributed by atoms with Crippen LogP contribution in [0, 0.1) is 0 Å². The second-order valence-electron chi connectivity index (χ2n) is 5.69. The molecule has 0 atom stereocenters. The molecule has 0 bridgehead atoms. The smallest absolute Gasteiger partial charge is 0.256 e. The minimum atomic E-state index is 0.110. The van der Waals surface area contributed by atoms with Crippen LogP contribution in [0.1, 0.15) is 16.8 Å². The fourth-order valence-corrected chi connectivity index (χ4v) is 3.81. The van der Waals surface area contributed by atoms with Crippen LogP contribution in [0.2, 0.25) is 0 Å². The summed E-state index contributed by atoms with van der Waals surface area (Å²) in [5.41, 5.74) is 1.69. The molecule has 1 saturated heterocycles. The lowest BCUT2D eigenvalue weighted by molar-refractivity contribution is 0.0769. The molecule has 2 aromatic heterocycles. The zero-order chi connectivity index (χ0) is 15.6. The third-order valence-electron chi connectivity index (χ3n) is 4.29. The van der Waals surface area contributed by atoms with E-state index in [0.29, 0.717) is 0 Å². The van der Waals surface area contributed by atoms with Crippen LogP contribution in [0.4, 0.5) is 5.13 Å². The summed E-state index contributed by atoms with van der Waals surface area (Å²) in [6.45, 7) is 3.30. The molecule has 1 N–H and O–H groups in total. The molecule has 3 aromatic rings. The zero-order valence-electron chi connectivity index (χ0n) is 12.7. The van der Waals surface area contributed by atoms with E-state index in [4.69, 9.17) is 0 Å². The summed E-state index contributed by atoms with van der Waals surface area (Å²) in [5, 5.41) is 4.12. The average molecular weight is 326 g/mol. The van der Waals surface area contributed by atoms with Gasteiger partial charge in [-0.05, 0) is 18.6 Å². The van der Waals surface area contributed by atoms with Gasteiger partial charge >= 0.3 is 0 Å². The van der Waals surface area contributed by atoms with Gasteiger partial charge in [-0.3, -0.25) is 4.79 Å². The van der Waals surface area contributed by atoms with Crippen molar-refractivity contribution in [1.29, 1.82) is 0 Å². The number of hydrogen-bond donors (Lipinski definition) is 1. The molecule has 1 aromatic carbocycles. The number of nitrogens with one attached hydrogen (secondary N) is 1. The van der Waals surface area contributed by atoms with Gasteiger partial charge in [0.2, 0.25) is 0 Å². The molecule has 118 valence electrons. The van der Waals surface area contributed by atoms with Crippen molar-refractivity contribution >= 4 is 33.3 Å². The van der Waals surface area contributed by atoms with Crippen LogP contribution in [-0.2, 0) is 0 Å². The van der Waals surface area contributed by atoms with Gasteiger partial charge in [-0.25, -0.2) is 4.98 Å². The third kappa shape index (κ3) is 2.70. The predicted octanol–water partition coefficient (Wildman–Crippen LogP) is 2.98. The summed E-state index contributed by atoms with van der Waals surface area (Å²) in [5.74, 6) is 0.110. The number of aromatic amines is 1. The molecular formula is C17H18N4OS. The number of H-pyrrole nitrogens is 1. The quantitative estimate of drug-likeness (QED) is 0.788. The van der Waals surface area contributed by atoms with Crippen molar-refractivity contribution in [2.75, 3.05) is 31.1 Å². The summed E-state index contributed by atoms with van der Waals surface area (Å²) in [6.07, 6.45) is 4.68. The number of rotatable bonds is 2. The highest BCUT2D eigenvalue weighted by Crippen LogP contribution is 2.22. The van der Waals surface area contributed by atoms with Gasteiger partial charge in [0.25, 0.3) is 5.91 Å². The number of benzene rings is 1. The number of thiazole rings is 1. The number of amides is 1. The van der Waals surface area contributed by atoms with Crippen molar-refractivity contribution in [3.63, 3.8) is 0 Å². The molecule has 3 heterocycles. The van der Waals surface area contributed by atoms with E-state index < -0.39 is 0 Å². The Morgan fingerprint density at radius 2 is 2.13 bits per heavy atom. The van der Waals surface area contributed by atoms with Gasteiger partial charge in [0.15, 0.2) is 5.13 Å². The van der Waals surface area contributed by atoms with Gasteiger partial charge < -0.3 is 14.8 Å². The first-order valence-electron chi connectivity index (χ1n) is 7.83. The normalized spacial score (nSPS) is 15.8. The SMILES string of the molecule is O=C(c1cccc2cc[nH]c12)N1CCCN(c2nccs2)CC1. The van der Waals surface area contributed by atoms with Crippen LogP contribution in [0.15, 0.2) is 42.0 Å². The lowest BCUT2D eigenvalue weighted by atomic mass is 10.1. The van der Waals surface area contributed by atoms with Crippen LogP contribution in [0.3, 0.4) is 0 Å². The van der Waals surface area contributed by atoms with Gasteiger partial charge in [-0.2, -0.15) is 0 Å². The third-order valence-corrected chi connectivity index (χ3v) is 5.12. The Morgan fingerprint density at radius 1 is 1.17 bits per heavy atom. The number of anilines is 1. The van der Waals surface area contributed by atoms with Gasteiger partial charge in [-0.15, -0.1) is 11.3 Å². The van der Waals surface area contributed by atoms with E-state index >= 15 is 0 Å². The second kappa shape index (κ2) is 6.04. The molecular weight excluding hydrogens is 308 g/mol. The number of carbonyl (C=O) groups is 1. The van der Waals surface area contributed by atoms with Crippen LogP contribution in [0.25, 0.3) is 10.9 Å². The van der Waals surface area contributed by atoms with E-state index in [-0.39, 0.29) is 5.91 Å². The highest BCUT2D eigenvalue weighted by molar-refractivity contribution is 7.13. The van der Waals surface area contributed by atoms with E-state index in [1.165, 1.54) is 0 Å². The topological polar surface area (TPSA) is 52.2 Å². The Bertz CT molecular complexity index is 811. The Morgan fingerprint density at radius 3 is 3.00 bits per heavy atom. The predicted molar refractivity (Wildman–Crippen MR) is 93.1 cm³/mol. The second-order valence-corrected chi connectivity index (χ2v) is 6.57. The summed E-state index contributed by atoms with van der Waals surface area (Å²) in [7, 11) is 0. The van der Waals surface area contributed by atoms with Crippen molar-refractivity contribution in [2.24, 2.45) is 0 Å². The molecule has 6 heteroatoms. The fraction of sp³-hybridized carbons (Fsp3) is 0.294. The average Bonchev–Trinajstić information content (AvgIpc) is 3.21. The van der Waals surface area contributed by atoms with Crippen molar-refractivity contribution in [1.82, 2.24) is 14.9 Å². The van der Waals surface area contributed by atoms with E-state index in [9.17, 15) is 4.79 Å². The number of carbonyl (C=O) groups excluding carboxylic acids is 1. The lowest BCUT2D eigenvalue weighted by Crippen LogP contribution is -2.35. The molecule has 0 radical (unpaired) electrons. The minimum Gasteiger partial charge on any atom is -0.361 e. The fourth-order valence-electron chi connectivity index (χ4n) is 3.12. The lowest BCUT2D eigenvalue weighted by Gasteiger charge is -2.22. The Balaban J connectivity index is 1.54. The molecule has 0 saturated carbocycles. The van der Waals surface area contributed by atoms with E-state index in [2.05, 4.69) is 14.9 Å². The minimum absolute atomic E-state index is 0.110. The van der Waals surface area contributed by atoms with E-state index in [1.807, 2.05) is 46.9 Å². The summed E-state index contributed by atoms with van der Waals surface area (Å²) in [6, 6.07) is 7.88. The highest BCUT2D eigenvalue weighted by Gasteiger charge is 2.22. The maximum Gasteiger partial charge on any atom is 0.256 e. The zero-order valence-corrected chi connectivity index (χ0v) is 13.6. The molecule has 0 aliphatic carbocycles. The molecule has 0 unspecified atom stereocenters. The number of para-hydroxylation sites is 1. The first-order valence-corrected chi connectivity index (χ1v) is 8.71. The highest BCUT2D eigenvalue weighted by atomic mass is 32.1. The molecule has 1 fully saturated rings. The molecule has 4 rings (SSSR count). The Kier molecular flexibility index (Phi) is 3.75. The first-order chi connectivity index (χ1) is 11.3. The number of hydrogen-bond acceptors (Lipinski definition) is 4. The Labute approximate surface area is 138 Å². The standard InChI is InChI=1S/C17H18N4OS/c22-16(14-4-1-3-13-5-6-18-15(13)14)20-8-2-9-21(11-10-20)17-19-7-12-23-17/h1,3-7,12,18H,2,8-11H2. The largest absolute Gasteiger partial charge is 0.361 e. The van der Waals surface area contributed by atoms with Crippen molar-refractivity contribution in [3.05, 3.63) is 47.6 Å².